The van der Waals surface area contributed by atoms with Gasteiger partial charge in [0, 0.05) is 13.1 Å². The highest BCUT2D eigenvalue weighted by molar-refractivity contribution is 5.86. The summed E-state index contributed by atoms with van der Waals surface area (Å²) in [6, 6.07) is 9.16. The van der Waals surface area contributed by atoms with Gasteiger partial charge in [-0.3, -0.25) is 9.69 Å². The van der Waals surface area contributed by atoms with Crippen LogP contribution in [0.25, 0.3) is 0 Å². The highest BCUT2D eigenvalue weighted by Crippen LogP contribution is 2.05. The molecule has 18 heavy (non-hydrogen) atoms. The minimum atomic E-state index is -0.979. The van der Waals surface area contributed by atoms with E-state index in [-0.39, 0.29) is 12.5 Å². The lowest BCUT2D eigenvalue weighted by atomic mass is 10.1. The van der Waals surface area contributed by atoms with Crippen molar-refractivity contribution in [1.82, 2.24) is 10.2 Å². The molecule has 0 saturated carbocycles. The molecule has 0 aromatic heterocycles. The summed E-state index contributed by atoms with van der Waals surface area (Å²) in [5.41, 5.74) is 1.19. The normalized spacial score (nSPS) is 20.4. The van der Waals surface area contributed by atoms with Crippen LogP contribution in [0.3, 0.4) is 0 Å². The van der Waals surface area contributed by atoms with E-state index in [1.807, 2.05) is 35.2 Å². The zero-order valence-corrected chi connectivity index (χ0v) is 10.0. The van der Waals surface area contributed by atoms with Crippen molar-refractivity contribution >= 4 is 11.9 Å². The van der Waals surface area contributed by atoms with Crippen molar-refractivity contribution in [2.24, 2.45) is 0 Å². The molecule has 96 valence electrons. The van der Waals surface area contributed by atoms with Gasteiger partial charge in [0.15, 0.2) is 0 Å². The summed E-state index contributed by atoms with van der Waals surface area (Å²) in [7, 11) is 0. The number of piperazine rings is 1. The van der Waals surface area contributed by atoms with Crippen molar-refractivity contribution in [3.63, 3.8) is 0 Å². The lowest BCUT2D eigenvalue weighted by Gasteiger charge is -2.30. The Kier molecular flexibility index (Phi) is 3.94. The van der Waals surface area contributed by atoms with Crippen LogP contribution in [0.15, 0.2) is 30.3 Å². The first-order valence-electron chi connectivity index (χ1n) is 5.93. The molecule has 1 unspecified atom stereocenters. The second kappa shape index (κ2) is 5.64. The molecule has 0 aliphatic carbocycles. The topological polar surface area (TPSA) is 69.6 Å². The average molecular weight is 248 g/mol. The quantitative estimate of drug-likeness (QED) is 0.793. The van der Waals surface area contributed by atoms with Gasteiger partial charge in [0.1, 0.15) is 6.04 Å². The molecule has 2 rings (SSSR count). The Labute approximate surface area is 105 Å². The van der Waals surface area contributed by atoms with Gasteiger partial charge in [-0.25, -0.2) is 4.79 Å². The second-order valence-corrected chi connectivity index (χ2v) is 4.43. The summed E-state index contributed by atoms with van der Waals surface area (Å²) in [6.07, 6.45) is 0.820. The minimum absolute atomic E-state index is 0.221. The van der Waals surface area contributed by atoms with E-state index >= 15 is 0 Å². The molecule has 0 radical (unpaired) electrons. The van der Waals surface area contributed by atoms with E-state index in [1.165, 1.54) is 5.56 Å². The third kappa shape index (κ3) is 3.30. The molecule has 2 N–H and O–H groups in total. The maximum Gasteiger partial charge on any atom is 0.327 e. The molecule has 1 heterocycles. The van der Waals surface area contributed by atoms with Crippen LogP contribution in [0.1, 0.15) is 5.56 Å². The van der Waals surface area contributed by atoms with Crippen molar-refractivity contribution in [2.75, 3.05) is 19.6 Å². The molecular weight excluding hydrogens is 232 g/mol. The molecule has 1 saturated heterocycles. The molecule has 1 aromatic carbocycles. The molecule has 1 aromatic rings. The number of rotatable bonds is 4. The maximum atomic E-state index is 11.4. The number of carbonyl (C=O) groups excluding carboxylic acids is 1. The highest BCUT2D eigenvalue weighted by Gasteiger charge is 2.28. The third-order valence-electron chi connectivity index (χ3n) is 3.00. The van der Waals surface area contributed by atoms with Crippen LogP contribution < -0.4 is 5.32 Å². The molecule has 1 aliphatic heterocycles. The zero-order valence-electron chi connectivity index (χ0n) is 10.0. The second-order valence-electron chi connectivity index (χ2n) is 4.43. The number of benzene rings is 1. The van der Waals surface area contributed by atoms with E-state index in [9.17, 15) is 9.59 Å². The van der Waals surface area contributed by atoms with Gasteiger partial charge in [-0.2, -0.15) is 0 Å². The predicted molar refractivity (Wildman–Crippen MR) is 66.2 cm³/mol. The van der Waals surface area contributed by atoms with E-state index in [2.05, 4.69) is 5.32 Å². The van der Waals surface area contributed by atoms with E-state index in [0.717, 1.165) is 6.42 Å². The highest BCUT2D eigenvalue weighted by atomic mass is 16.4. The van der Waals surface area contributed by atoms with Gasteiger partial charge in [-0.1, -0.05) is 30.3 Å². The number of amides is 1. The van der Waals surface area contributed by atoms with E-state index in [0.29, 0.717) is 13.1 Å². The lowest BCUT2D eigenvalue weighted by molar-refractivity contribution is -0.144. The molecule has 1 atom stereocenters. The Balaban J connectivity index is 1.89. The van der Waals surface area contributed by atoms with E-state index < -0.39 is 12.0 Å². The fourth-order valence-corrected chi connectivity index (χ4v) is 2.05. The van der Waals surface area contributed by atoms with Crippen LogP contribution in [0, 0.1) is 0 Å². The van der Waals surface area contributed by atoms with Crippen molar-refractivity contribution in [3.05, 3.63) is 35.9 Å². The summed E-state index contributed by atoms with van der Waals surface area (Å²) in [5, 5.41) is 11.4. The summed E-state index contributed by atoms with van der Waals surface area (Å²) in [6.45, 7) is 1.34. The molecule has 1 aliphatic rings. The fraction of sp³-hybridized carbons (Fsp3) is 0.385. The molecule has 5 nitrogen and oxygen atoms in total. The molecular formula is C13H16N2O3. The Hall–Kier alpha value is -1.88. The van der Waals surface area contributed by atoms with Gasteiger partial charge in [0.05, 0.1) is 6.54 Å². The number of nitrogens with one attached hydrogen (secondary N) is 1. The van der Waals surface area contributed by atoms with Crippen LogP contribution in [-0.2, 0) is 16.0 Å². The number of carbonyl (C=O) groups is 2. The minimum Gasteiger partial charge on any atom is -0.480 e. The Bertz CT molecular complexity index is 433. The standard InChI is InChI=1S/C13H16N2O3/c16-12-9-15(8-11(14-12)13(17)18)7-6-10-4-2-1-3-5-10/h1-5,11H,6-9H2,(H,14,16)(H,17,18). The van der Waals surface area contributed by atoms with Gasteiger partial charge in [0.25, 0.3) is 0 Å². The number of hydrogen-bond acceptors (Lipinski definition) is 3. The smallest absolute Gasteiger partial charge is 0.327 e. The molecule has 1 amide bonds. The summed E-state index contributed by atoms with van der Waals surface area (Å²) >= 11 is 0. The van der Waals surface area contributed by atoms with Gasteiger partial charge >= 0.3 is 5.97 Å². The molecule has 1 fully saturated rings. The van der Waals surface area contributed by atoms with E-state index in [4.69, 9.17) is 5.11 Å². The van der Waals surface area contributed by atoms with Crippen molar-refractivity contribution in [3.8, 4) is 0 Å². The van der Waals surface area contributed by atoms with Crippen LogP contribution in [0.4, 0.5) is 0 Å². The summed E-state index contributed by atoms with van der Waals surface area (Å²) < 4.78 is 0. The van der Waals surface area contributed by atoms with Crippen LogP contribution in [-0.4, -0.2) is 47.6 Å². The largest absolute Gasteiger partial charge is 0.480 e. The Morgan fingerprint density at radius 3 is 2.78 bits per heavy atom. The van der Waals surface area contributed by atoms with Gasteiger partial charge in [-0.05, 0) is 12.0 Å². The monoisotopic (exact) mass is 248 g/mol. The SMILES string of the molecule is O=C1CN(CCc2ccccc2)CC(C(=O)O)N1. The number of hydrogen-bond donors (Lipinski definition) is 2. The summed E-state index contributed by atoms with van der Waals surface area (Å²) in [4.78, 5) is 24.1. The number of carboxylic acids is 1. The van der Waals surface area contributed by atoms with Gasteiger partial charge in [0.2, 0.25) is 5.91 Å². The first-order valence-corrected chi connectivity index (χ1v) is 5.93. The van der Waals surface area contributed by atoms with Crippen molar-refractivity contribution in [1.29, 1.82) is 0 Å². The number of nitrogens with zero attached hydrogens (tertiary/aromatic N) is 1. The number of aliphatic carboxylic acids is 1. The van der Waals surface area contributed by atoms with Crippen LogP contribution in [0.2, 0.25) is 0 Å². The molecule has 0 bridgehead atoms. The van der Waals surface area contributed by atoms with Gasteiger partial charge < -0.3 is 10.4 Å². The Morgan fingerprint density at radius 2 is 2.11 bits per heavy atom. The zero-order chi connectivity index (χ0) is 13.0. The van der Waals surface area contributed by atoms with Crippen LogP contribution >= 0.6 is 0 Å². The van der Waals surface area contributed by atoms with Crippen LogP contribution in [0.5, 0.6) is 0 Å². The van der Waals surface area contributed by atoms with Crippen molar-refractivity contribution < 1.29 is 14.7 Å². The first kappa shape index (κ1) is 12.6. The fourth-order valence-electron chi connectivity index (χ4n) is 2.05. The lowest BCUT2D eigenvalue weighted by Crippen LogP contribution is -2.57. The van der Waals surface area contributed by atoms with E-state index in [1.54, 1.807) is 0 Å². The summed E-state index contributed by atoms with van der Waals surface area (Å²) in [5.74, 6) is -1.20. The van der Waals surface area contributed by atoms with Gasteiger partial charge in [-0.15, -0.1) is 0 Å². The number of carboxylic acid groups (broad SMARTS) is 1. The molecule has 0 spiro atoms. The van der Waals surface area contributed by atoms with Crippen molar-refractivity contribution in [2.45, 2.75) is 12.5 Å². The molecule has 5 heteroatoms. The predicted octanol–water partition coefficient (Wildman–Crippen LogP) is 0.114. The third-order valence-corrected chi connectivity index (χ3v) is 3.00. The Morgan fingerprint density at radius 1 is 1.39 bits per heavy atom. The average Bonchev–Trinajstić information content (AvgIpc) is 2.37. The first-order chi connectivity index (χ1) is 8.65. The maximum absolute atomic E-state index is 11.4.